The first kappa shape index (κ1) is 22.4. The maximum Gasteiger partial charge on any atom is 0.368 e. The van der Waals surface area contributed by atoms with Crippen molar-refractivity contribution in [3.8, 4) is 6.01 Å². The standard InChI is InChI=1S/C17H23N5O6P2/c1-4-22-9-18-13-14(20-16(21-15(13)22)28-10(2)3)19-12-7-5-11(6-8-12)17(23,29-24)30(25,26)27/h5-10,23H,4,29H2,1-3H3,(H,19,20,21)(H2,25,26,27). The largest absolute Gasteiger partial charge is 0.461 e. The lowest BCUT2D eigenvalue weighted by molar-refractivity contribution is 0.168. The number of fused-ring (bicyclic) bond motifs is 1. The fourth-order valence-corrected chi connectivity index (χ4v) is 4.11. The molecule has 0 aliphatic heterocycles. The van der Waals surface area contributed by atoms with Gasteiger partial charge in [0.2, 0.25) is 5.08 Å². The Morgan fingerprint density at radius 2 is 1.93 bits per heavy atom. The average molecular weight is 455 g/mol. The molecule has 2 aromatic heterocycles. The van der Waals surface area contributed by atoms with Crippen LogP contribution in [-0.2, 0) is 20.8 Å². The van der Waals surface area contributed by atoms with Gasteiger partial charge in [-0.15, -0.1) is 0 Å². The smallest absolute Gasteiger partial charge is 0.368 e. The minimum Gasteiger partial charge on any atom is -0.461 e. The molecule has 0 aliphatic carbocycles. The first-order valence-corrected chi connectivity index (χ1v) is 11.8. The Kier molecular flexibility index (Phi) is 6.31. The van der Waals surface area contributed by atoms with E-state index in [0.29, 0.717) is 29.2 Å². The summed E-state index contributed by atoms with van der Waals surface area (Å²) in [7, 11) is -7.21. The van der Waals surface area contributed by atoms with Crippen molar-refractivity contribution in [1.29, 1.82) is 0 Å². The molecule has 0 bridgehead atoms. The number of aromatic nitrogens is 4. The number of aliphatic hydroxyl groups is 1. The Bertz CT molecular complexity index is 1110. The van der Waals surface area contributed by atoms with E-state index in [0.717, 1.165) is 0 Å². The second kappa shape index (κ2) is 8.45. The molecule has 13 heteroatoms. The molecule has 0 saturated carbocycles. The second-order valence-corrected chi connectivity index (χ2v) is 10.1. The molecule has 4 N–H and O–H groups in total. The van der Waals surface area contributed by atoms with Gasteiger partial charge in [-0.3, -0.25) is 4.57 Å². The second-order valence-electron chi connectivity index (χ2n) is 6.81. The van der Waals surface area contributed by atoms with Crippen LogP contribution in [0.4, 0.5) is 11.5 Å². The number of hydrogen-bond acceptors (Lipinski definition) is 8. The molecule has 0 spiro atoms. The number of anilines is 2. The summed E-state index contributed by atoms with van der Waals surface area (Å²) in [6.45, 7) is 6.33. The zero-order valence-corrected chi connectivity index (χ0v) is 18.6. The fraction of sp³-hybridized carbons (Fsp3) is 0.353. The monoisotopic (exact) mass is 455 g/mol. The number of benzene rings is 1. The minimum atomic E-state index is -5.04. The number of aryl methyl sites for hydroxylation is 1. The van der Waals surface area contributed by atoms with Gasteiger partial charge in [-0.1, -0.05) is 12.1 Å². The van der Waals surface area contributed by atoms with E-state index < -0.39 is 21.1 Å². The Morgan fingerprint density at radius 1 is 1.27 bits per heavy atom. The van der Waals surface area contributed by atoms with Gasteiger partial charge in [0.05, 0.1) is 12.4 Å². The number of hydrogen-bond donors (Lipinski definition) is 4. The van der Waals surface area contributed by atoms with Gasteiger partial charge >= 0.3 is 13.6 Å². The Balaban J connectivity index is 1.99. The lowest BCUT2D eigenvalue weighted by atomic mass is 10.2. The number of nitrogens with zero attached hydrogens (tertiary/aromatic N) is 4. The maximum absolute atomic E-state index is 11.6. The van der Waals surface area contributed by atoms with Crippen LogP contribution in [0.5, 0.6) is 6.01 Å². The van der Waals surface area contributed by atoms with Crippen molar-refractivity contribution in [3.63, 3.8) is 0 Å². The predicted molar refractivity (Wildman–Crippen MR) is 113 cm³/mol. The SMILES string of the molecule is CCn1cnc2c(Nc3ccc(C(O)([PH2]=O)P(=O)(O)O)cc3)nc(OC(C)C)nc21. The quantitative estimate of drug-likeness (QED) is 0.371. The van der Waals surface area contributed by atoms with E-state index in [1.54, 1.807) is 6.33 Å². The van der Waals surface area contributed by atoms with Gasteiger partial charge in [-0.25, -0.2) is 4.98 Å². The molecule has 0 saturated heterocycles. The molecule has 3 aromatic rings. The highest BCUT2D eigenvalue weighted by Crippen LogP contribution is 2.61. The van der Waals surface area contributed by atoms with Crippen molar-refractivity contribution in [2.45, 2.75) is 38.5 Å². The molecule has 1 aromatic carbocycles. The highest BCUT2D eigenvalue weighted by molar-refractivity contribution is 7.62. The maximum atomic E-state index is 11.6. The summed E-state index contributed by atoms with van der Waals surface area (Å²) < 4.78 is 30.4. The number of nitrogens with one attached hydrogen (secondary N) is 1. The van der Waals surface area contributed by atoms with Gasteiger partial charge in [0.1, 0.15) is 8.46 Å². The summed E-state index contributed by atoms with van der Waals surface area (Å²) in [6.07, 6.45) is 1.51. The number of ether oxygens (including phenoxy) is 1. The van der Waals surface area contributed by atoms with Crippen molar-refractivity contribution in [1.82, 2.24) is 19.5 Å². The molecule has 2 atom stereocenters. The lowest BCUT2D eigenvalue weighted by Gasteiger charge is -2.23. The van der Waals surface area contributed by atoms with Gasteiger partial charge < -0.3 is 34.1 Å². The molecule has 0 fully saturated rings. The molecule has 0 amide bonds. The van der Waals surface area contributed by atoms with Crippen LogP contribution in [0.1, 0.15) is 26.3 Å². The minimum absolute atomic E-state index is 0.132. The molecule has 30 heavy (non-hydrogen) atoms. The zero-order chi connectivity index (χ0) is 22.1. The van der Waals surface area contributed by atoms with Crippen molar-refractivity contribution in [2.75, 3.05) is 5.32 Å². The van der Waals surface area contributed by atoms with Crippen molar-refractivity contribution in [2.24, 2.45) is 0 Å². The van der Waals surface area contributed by atoms with Crippen LogP contribution in [-0.4, -0.2) is 40.5 Å². The van der Waals surface area contributed by atoms with Crippen LogP contribution in [0.3, 0.4) is 0 Å². The summed E-state index contributed by atoms with van der Waals surface area (Å²) in [5.74, 6) is 0.385. The van der Waals surface area contributed by atoms with E-state index in [1.165, 1.54) is 24.3 Å². The third-order valence-corrected chi connectivity index (χ3v) is 7.44. The number of rotatable bonds is 8. The van der Waals surface area contributed by atoms with Crippen LogP contribution in [0.25, 0.3) is 11.2 Å². The third-order valence-electron chi connectivity index (χ3n) is 4.31. The van der Waals surface area contributed by atoms with Crippen molar-refractivity contribution >= 4 is 38.7 Å². The van der Waals surface area contributed by atoms with Gasteiger partial charge in [0.15, 0.2) is 17.0 Å². The summed E-state index contributed by atoms with van der Waals surface area (Å²) in [5.41, 5.74) is 1.48. The van der Waals surface area contributed by atoms with Crippen molar-refractivity contribution < 1.29 is 28.8 Å². The van der Waals surface area contributed by atoms with E-state index in [4.69, 9.17) is 4.74 Å². The van der Waals surface area contributed by atoms with Gasteiger partial charge in [-0.2, -0.15) is 9.97 Å². The summed E-state index contributed by atoms with van der Waals surface area (Å²) in [5, 5.41) is 10.6. The fourth-order valence-electron chi connectivity index (χ4n) is 2.75. The Labute approximate surface area is 173 Å². The van der Waals surface area contributed by atoms with E-state index >= 15 is 0 Å². The Hall–Kier alpha value is -2.29. The third kappa shape index (κ3) is 4.26. The van der Waals surface area contributed by atoms with Crippen LogP contribution < -0.4 is 10.1 Å². The van der Waals surface area contributed by atoms with E-state index in [9.17, 15) is 24.0 Å². The van der Waals surface area contributed by atoms with Gasteiger partial charge in [0, 0.05) is 17.8 Å². The molecule has 11 nitrogen and oxygen atoms in total. The molecular formula is C17H23N5O6P2. The molecule has 3 rings (SSSR count). The van der Waals surface area contributed by atoms with E-state index in [1.807, 2.05) is 25.3 Å². The van der Waals surface area contributed by atoms with Crippen LogP contribution >= 0.6 is 16.1 Å². The first-order chi connectivity index (χ1) is 14.1. The van der Waals surface area contributed by atoms with Gasteiger partial charge in [-0.05, 0) is 32.9 Å². The van der Waals surface area contributed by atoms with Crippen LogP contribution in [0.2, 0.25) is 0 Å². The predicted octanol–water partition coefficient (Wildman–Crippen LogP) is 2.41. The molecule has 0 radical (unpaired) electrons. The number of imidazole rings is 1. The molecule has 0 aliphatic rings. The topological polar surface area (TPSA) is 160 Å². The molecule has 162 valence electrons. The highest BCUT2D eigenvalue weighted by atomic mass is 31.2. The van der Waals surface area contributed by atoms with E-state index in [-0.39, 0.29) is 17.7 Å². The van der Waals surface area contributed by atoms with Crippen molar-refractivity contribution in [3.05, 3.63) is 36.2 Å². The lowest BCUT2D eigenvalue weighted by Crippen LogP contribution is -2.18. The van der Waals surface area contributed by atoms with Crippen LogP contribution in [0.15, 0.2) is 30.6 Å². The highest BCUT2D eigenvalue weighted by Gasteiger charge is 2.46. The molecular weight excluding hydrogens is 432 g/mol. The van der Waals surface area contributed by atoms with Gasteiger partial charge in [0.25, 0.3) is 0 Å². The zero-order valence-electron chi connectivity index (χ0n) is 16.6. The average Bonchev–Trinajstić information content (AvgIpc) is 3.09. The van der Waals surface area contributed by atoms with E-state index in [2.05, 4.69) is 20.3 Å². The summed E-state index contributed by atoms with van der Waals surface area (Å²) in [6, 6.07) is 5.73. The normalized spacial score (nSPS) is 14.5. The first-order valence-electron chi connectivity index (χ1n) is 9.10. The molecule has 2 heterocycles. The summed E-state index contributed by atoms with van der Waals surface area (Å²) in [4.78, 5) is 31.9. The Morgan fingerprint density at radius 3 is 2.47 bits per heavy atom. The summed E-state index contributed by atoms with van der Waals surface area (Å²) >= 11 is 0. The van der Waals surface area contributed by atoms with Crippen LogP contribution in [0, 0.1) is 0 Å². The molecule has 2 unspecified atom stereocenters.